The van der Waals surface area contributed by atoms with Gasteiger partial charge < -0.3 is 15.0 Å². The molecule has 158 valence electrons. The molecule has 0 saturated heterocycles. The molecule has 28 heavy (non-hydrogen) atoms. The van der Waals surface area contributed by atoms with Crippen LogP contribution >= 0.6 is 0 Å². The predicted octanol–water partition coefficient (Wildman–Crippen LogP) is 1.52. The highest BCUT2D eigenvalue weighted by atomic mass is 32.2. The number of likely N-dealkylation sites (N-methyl/N-ethyl adjacent to an activating group) is 1. The van der Waals surface area contributed by atoms with Crippen molar-refractivity contribution in [1.82, 2.24) is 14.9 Å². The molecule has 0 atom stereocenters. The molecule has 0 fully saturated rings. The van der Waals surface area contributed by atoms with Crippen molar-refractivity contribution in [2.75, 3.05) is 26.2 Å². The van der Waals surface area contributed by atoms with Crippen LogP contribution in [0.4, 0.5) is 0 Å². The molecule has 0 unspecified atom stereocenters. The molecular weight excluding hydrogens is 382 g/mol. The van der Waals surface area contributed by atoms with Crippen LogP contribution in [0, 0.1) is 0 Å². The van der Waals surface area contributed by atoms with E-state index < -0.39 is 10.0 Å². The predicted molar refractivity (Wildman–Crippen MR) is 108 cm³/mol. The zero-order chi connectivity index (χ0) is 21.4. The van der Waals surface area contributed by atoms with Crippen LogP contribution in [0.3, 0.4) is 0 Å². The van der Waals surface area contributed by atoms with Crippen molar-refractivity contribution >= 4 is 21.8 Å². The third-order valence-electron chi connectivity index (χ3n) is 3.66. The van der Waals surface area contributed by atoms with Crippen molar-refractivity contribution in [1.29, 1.82) is 0 Å². The number of carbonyl (C=O) groups is 2. The van der Waals surface area contributed by atoms with Gasteiger partial charge >= 0.3 is 0 Å². The lowest BCUT2D eigenvalue weighted by molar-refractivity contribution is -0.136. The Morgan fingerprint density at radius 3 is 2.21 bits per heavy atom. The number of benzene rings is 1. The molecule has 2 amide bonds. The maximum Gasteiger partial charge on any atom is 0.240 e. The molecule has 1 rings (SSSR count). The van der Waals surface area contributed by atoms with Crippen LogP contribution in [0.15, 0.2) is 29.2 Å². The molecule has 0 aliphatic carbocycles. The molecule has 0 aromatic heterocycles. The van der Waals surface area contributed by atoms with Crippen LogP contribution in [0.25, 0.3) is 0 Å². The summed E-state index contributed by atoms with van der Waals surface area (Å²) in [6.45, 7) is 9.94. The van der Waals surface area contributed by atoms with E-state index >= 15 is 0 Å². The molecule has 8 nitrogen and oxygen atoms in total. The molecule has 9 heteroatoms. The average molecular weight is 414 g/mol. The number of nitrogens with zero attached hydrogens (tertiary/aromatic N) is 1. The largest absolute Gasteiger partial charge is 0.494 e. The van der Waals surface area contributed by atoms with Gasteiger partial charge in [0.1, 0.15) is 5.75 Å². The topological polar surface area (TPSA) is 105 Å². The van der Waals surface area contributed by atoms with Crippen molar-refractivity contribution < 1.29 is 22.7 Å². The molecule has 0 radical (unpaired) electrons. The van der Waals surface area contributed by atoms with E-state index in [-0.39, 0.29) is 41.8 Å². The lowest BCUT2D eigenvalue weighted by Crippen LogP contribution is -2.47. The van der Waals surface area contributed by atoms with Crippen LogP contribution in [0.5, 0.6) is 5.75 Å². The molecule has 0 bridgehead atoms. The molecule has 0 aliphatic rings. The molecular formula is C19H31N3O5S. The Labute approximate surface area is 167 Å². The Morgan fingerprint density at radius 1 is 1.11 bits per heavy atom. The summed E-state index contributed by atoms with van der Waals surface area (Å²) >= 11 is 0. The van der Waals surface area contributed by atoms with Crippen molar-refractivity contribution in [2.45, 2.75) is 51.5 Å². The monoisotopic (exact) mass is 413 g/mol. The van der Waals surface area contributed by atoms with E-state index in [1.807, 2.05) is 27.7 Å². The van der Waals surface area contributed by atoms with E-state index in [0.717, 1.165) is 0 Å². The number of rotatable bonds is 10. The summed E-state index contributed by atoms with van der Waals surface area (Å²) in [5, 5.41) is 2.80. The Morgan fingerprint density at radius 2 is 1.71 bits per heavy atom. The summed E-state index contributed by atoms with van der Waals surface area (Å²) in [6, 6.07) is 6.06. The van der Waals surface area contributed by atoms with Crippen LogP contribution in [-0.2, 0) is 19.6 Å². The molecule has 1 aromatic carbocycles. The van der Waals surface area contributed by atoms with E-state index in [9.17, 15) is 18.0 Å². The standard InChI is InChI=1S/C19H31N3O5S/c1-6-22(14-17(23)21-19(3,4)5)18(24)12-13-20-28(25,26)16-10-8-15(9-11-16)27-7-2/h8-11,20H,6-7,12-14H2,1-5H3,(H,21,23). The molecule has 0 heterocycles. The second-order valence-corrected chi connectivity index (χ2v) is 9.03. The van der Waals surface area contributed by atoms with Gasteiger partial charge in [0.2, 0.25) is 21.8 Å². The number of amides is 2. The first-order valence-electron chi connectivity index (χ1n) is 9.29. The molecule has 0 aliphatic heterocycles. The minimum Gasteiger partial charge on any atom is -0.494 e. The van der Waals surface area contributed by atoms with Gasteiger partial charge in [-0.3, -0.25) is 9.59 Å². The maximum absolute atomic E-state index is 12.3. The Bertz CT molecular complexity index is 755. The Balaban J connectivity index is 2.57. The van der Waals surface area contributed by atoms with E-state index in [0.29, 0.717) is 18.9 Å². The zero-order valence-corrected chi connectivity index (χ0v) is 18.1. The highest BCUT2D eigenvalue weighted by Gasteiger charge is 2.20. The van der Waals surface area contributed by atoms with E-state index in [1.54, 1.807) is 19.1 Å². The Hall–Kier alpha value is -2.13. The third kappa shape index (κ3) is 8.26. The van der Waals surface area contributed by atoms with Gasteiger partial charge in [-0.1, -0.05) is 0 Å². The van der Waals surface area contributed by atoms with Crippen molar-refractivity contribution in [3.8, 4) is 5.75 Å². The smallest absolute Gasteiger partial charge is 0.240 e. The number of sulfonamides is 1. The number of carbonyl (C=O) groups excluding carboxylic acids is 2. The van der Waals surface area contributed by atoms with Gasteiger partial charge in [-0.05, 0) is 58.9 Å². The van der Waals surface area contributed by atoms with Gasteiger partial charge in [-0.25, -0.2) is 13.1 Å². The van der Waals surface area contributed by atoms with Crippen LogP contribution in [-0.4, -0.2) is 56.9 Å². The summed E-state index contributed by atoms with van der Waals surface area (Å²) in [6.07, 6.45) is -0.0348. The van der Waals surface area contributed by atoms with Gasteiger partial charge in [0.05, 0.1) is 18.0 Å². The lowest BCUT2D eigenvalue weighted by atomic mass is 10.1. The summed E-state index contributed by atoms with van der Waals surface area (Å²) in [7, 11) is -3.72. The minimum absolute atomic E-state index is 0.0348. The van der Waals surface area contributed by atoms with Gasteiger partial charge in [-0.15, -0.1) is 0 Å². The fourth-order valence-corrected chi connectivity index (χ4v) is 3.45. The SMILES string of the molecule is CCOc1ccc(S(=O)(=O)NCCC(=O)N(CC)CC(=O)NC(C)(C)C)cc1. The first-order chi connectivity index (χ1) is 13.0. The summed E-state index contributed by atoms with van der Waals surface area (Å²) < 4.78 is 32.3. The fourth-order valence-electron chi connectivity index (χ4n) is 2.42. The number of hydrogen-bond donors (Lipinski definition) is 2. The van der Waals surface area contributed by atoms with Crippen LogP contribution in [0.1, 0.15) is 41.0 Å². The van der Waals surface area contributed by atoms with Crippen molar-refractivity contribution in [2.24, 2.45) is 0 Å². The first-order valence-corrected chi connectivity index (χ1v) is 10.8. The highest BCUT2D eigenvalue weighted by molar-refractivity contribution is 7.89. The summed E-state index contributed by atoms with van der Waals surface area (Å²) in [5.41, 5.74) is -0.382. The molecule has 0 spiro atoms. The van der Waals surface area contributed by atoms with Crippen LogP contribution in [0.2, 0.25) is 0 Å². The third-order valence-corrected chi connectivity index (χ3v) is 5.14. The molecule has 1 aromatic rings. The maximum atomic E-state index is 12.3. The average Bonchev–Trinajstić information content (AvgIpc) is 2.58. The van der Waals surface area contributed by atoms with Gasteiger partial charge in [0.15, 0.2) is 0 Å². The number of nitrogens with one attached hydrogen (secondary N) is 2. The minimum atomic E-state index is -3.72. The quantitative estimate of drug-likeness (QED) is 0.605. The van der Waals surface area contributed by atoms with Gasteiger partial charge in [0, 0.05) is 25.0 Å². The zero-order valence-electron chi connectivity index (χ0n) is 17.2. The summed E-state index contributed by atoms with van der Waals surface area (Å²) in [5.74, 6) is 0.0439. The second kappa shape index (κ2) is 10.4. The fraction of sp³-hybridized carbons (Fsp3) is 0.579. The number of hydrogen-bond acceptors (Lipinski definition) is 5. The molecule has 2 N–H and O–H groups in total. The molecule has 0 saturated carbocycles. The van der Waals surface area contributed by atoms with Crippen molar-refractivity contribution in [3.05, 3.63) is 24.3 Å². The normalized spacial score (nSPS) is 11.8. The van der Waals surface area contributed by atoms with Gasteiger partial charge in [-0.2, -0.15) is 0 Å². The van der Waals surface area contributed by atoms with Crippen LogP contribution < -0.4 is 14.8 Å². The van der Waals surface area contributed by atoms with Crippen molar-refractivity contribution in [3.63, 3.8) is 0 Å². The second-order valence-electron chi connectivity index (χ2n) is 7.26. The Kier molecular flexibility index (Phi) is 8.90. The van der Waals surface area contributed by atoms with E-state index in [4.69, 9.17) is 4.74 Å². The number of ether oxygens (including phenoxy) is 1. The van der Waals surface area contributed by atoms with Gasteiger partial charge in [0.25, 0.3) is 0 Å². The highest BCUT2D eigenvalue weighted by Crippen LogP contribution is 2.15. The van der Waals surface area contributed by atoms with E-state index in [1.165, 1.54) is 17.0 Å². The summed E-state index contributed by atoms with van der Waals surface area (Å²) in [4.78, 5) is 25.8. The first kappa shape index (κ1) is 23.9. The van der Waals surface area contributed by atoms with E-state index in [2.05, 4.69) is 10.0 Å². The lowest BCUT2D eigenvalue weighted by Gasteiger charge is -2.25.